The monoisotopic (exact) mass is 404 g/mol. The molecular formula is C23H24N4O3. The van der Waals surface area contributed by atoms with Crippen molar-refractivity contribution < 1.29 is 9.59 Å². The minimum absolute atomic E-state index is 0.0905. The fraction of sp³-hybridized carbons (Fsp3) is 0.304. The fourth-order valence-electron chi connectivity index (χ4n) is 3.78. The SMILES string of the molecule is Cc1nc2ccccc2c(=O)n1CC(=O)NCc1cccc(N2CCCCC2=O)c1. The number of carbonyl (C=O) groups is 2. The second-order valence-corrected chi connectivity index (χ2v) is 7.52. The van der Waals surface area contributed by atoms with E-state index in [1.165, 1.54) is 4.57 Å². The van der Waals surface area contributed by atoms with Crippen molar-refractivity contribution in [2.45, 2.75) is 39.3 Å². The number of nitrogens with one attached hydrogen (secondary N) is 1. The van der Waals surface area contributed by atoms with Gasteiger partial charge in [0.05, 0.1) is 10.9 Å². The highest BCUT2D eigenvalue weighted by Gasteiger charge is 2.19. The molecule has 0 unspecified atom stereocenters. The molecule has 30 heavy (non-hydrogen) atoms. The van der Waals surface area contributed by atoms with Gasteiger partial charge in [-0.25, -0.2) is 4.98 Å². The van der Waals surface area contributed by atoms with Gasteiger partial charge in [0, 0.05) is 25.2 Å². The summed E-state index contributed by atoms with van der Waals surface area (Å²) in [6.45, 7) is 2.68. The van der Waals surface area contributed by atoms with E-state index in [9.17, 15) is 14.4 Å². The molecule has 154 valence electrons. The number of anilines is 1. The van der Waals surface area contributed by atoms with Crippen LogP contribution in [-0.4, -0.2) is 27.9 Å². The molecule has 1 fully saturated rings. The number of rotatable bonds is 5. The Balaban J connectivity index is 1.45. The molecule has 2 amide bonds. The first kappa shape index (κ1) is 19.8. The second-order valence-electron chi connectivity index (χ2n) is 7.52. The third-order valence-electron chi connectivity index (χ3n) is 5.39. The molecule has 0 aliphatic carbocycles. The van der Waals surface area contributed by atoms with E-state index in [2.05, 4.69) is 10.3 Å². The second kappa shape index (κ2) is 8.49. The number of amides is 2. The van der Waals surface area contributed by atoms with Crippen LogP contribution in [0.3, 0.4) is 0 Å². The Kier molecular flexibility index (Phi) is 5.61. The number of nitrogens with zero attached hydrogens (tertiary/aromatic N) is 3. The number of aromatic nitrogens is 2. The van der Waals surface area contributed by atoms with Gasteiger partial charge in [0.1, 0.15) is 12.4 Å². The minimum Gasteiger partial charge on any atom is -0.350 e. The first-order valence-corrected chi connectivity index (χ1v) is 10.1. The number of benzene rings is 2. The molecule has 0 saturated carbocycles. The average molecular weight is 404 g/mol. The van der Waals surface area contributed by atoms with Crippen LogP contribution < -0.4 is 15.8 Å². The van der Waals surface area contributed by atoms with Gasteiger partial charge >= 0.3 is 0 Å². The lowest BCUT2D eigenvalue weighted by Crippen LogP contribution is -2.35. The summed E-state index contributed by atoms with van der Waals surface area (Å²) in [6.07, 6.45) is 2.52. The molecule has 0 atom stereocenters. The van der Waals surface area contributed by atoms with Crippen LogP contribution in [0.1, 0.15) is 30.7 Å². The van der Waals surface area contributed by atoms with Gasteiger partial charge in [-0.15, -0.1) is 0 Å². The van der Waals surface area contributed by atoms with Crippen molar-refractivity contribution in [1.82, 2.24) is 14.9 Å². The number of hydrogen-bond donors (Lipinski definition) is 1. The highest BCUT2D eigenvalue weighted by molar-refractivity contribution is 5.94. The van der Waals surface area contributed by atoms with E-state index in [-0.39, 0.29) is 23.9 Å². The zero-order chi connectivity index (χ0) is 21.1. The average Bonchev–Trinajstić information content (AvgIpc) is 2.76. The van der Waals surface area contributed by atoms with E-state index < -0.39 is 0 Å². The van der Waals surface area contributed by atoms with Crippen LogP contribution in [0.5, 0.6) is 0 Å². The van der Waals surface area contributed by atoms with E-state index in [1.54, 1.807) is 30.0 Å². The van der Waals surface area contributed by atoms with Crippen molar-refractivity contribution in [2.75, 3.05) is 11.4 Å². The van der Waals surface area contributed by atoms with Gasteiger partial charge in [-0.1, -0.05) is 24.3 Å². The first-order chi connectivity index (χ1) is 14.5. The molecule has 1 aromatic heterocycles. The largest absolute Gasteiger partial charge is 0.350 e. The molecule has 3 aromatic rings. The number of aryl methyl sites for hydroxylation is 1. The summed E-state index contributed by atoms with van der Waals surface area (Å²) in [5, 5.41) is 3.36. The van der Waals surface area contributed by atoms with E-state index >= 15 is 0 Å². The van der Waals surface area contributed by atoms with Gasteiger partial charge in [-0.05, 0) is 49.6 Å². The quantitative estimate of drug-likeness (QED) is 0.708. The number of piperidine rings is 1. The standard InChI is InChI=1S/C23H24N4O3/c1-16-25-20-10-3-2-9-19(20)23(30)27(16)15-21(28)24-14-17-7-6-8-18(13-17)26-12-5-4-11-22(26)29/h2-3,6-10,13H,4-5,11-12,14-15H2,1H3,(H,24,28). The third kappa shape index (κ3) is 4.10. The van der Waals surface area contributed by atoms with Crippen molar-refractivity contribution >= 4 is 28.4 Å². The Morgan fingerprint density at radius 3 is 2.77 bits per heavy atom. The van der Waals surface area contributed by atoms with Crippen LogP contribution in [-0.2, 0) is 22.7 Å². The third-order valence-corrected chi connectivity index (χ3v) is 5.39. The van der Waals surface area contributed by atoms with Crippen LogP contribution in [0, 0.1) is 6.92 Å². The Labute approximate surface area is 174 Å². The summed E-state index contributed by atoms with van der Waals surface area (Å²) in [6, 6.07) is 14.8. The Hall–Kier alpha value is -3.48. The zero-order valence-corrected chi connectivity index (χ0v) is 16.9. The maximum atomic E-state index is 12.7. The van der Waals surface area contributed by atoms with Crippen molar-refractivity contribution in [1.29, 1.82) is 0 Å². The molecule has 7 nitrogen and oxygen atoms in total. The van der Waals surface area contributed by atoms with E-state index in [1.807, 2.05) is 30.3 Å². The van der Waals surface area contributed by atoms with Gasteiger partial charge in [-0.3, -0.25) is 19.0 Å². The minimum atomic E-state index is -0.267. The molecule has 1 aliphatic rings. The van der Waals surface area contributed by atoms with E-state index in [0.29, 0.717) is 29.7 Å². The fourth-order valence-corrected chi connectivity index (χ4v) is 3.78. The number of hydrogen-bond acceptors (Lipinski definition) is 4. The van der Waals surface area contributed by atoms with Gasteiger partial charge < -0.3 is 10.2 Å². The normalized spacial score (nSPS) is 14.2. The number of fused-ring (bicyclic) bond motifs is 1. The molecule has 1 aliphatic heterocycles. The number of para-hydroxylation sites is 1. The lowest BCUT2D eigenvalue weighted by Gasteiger charge is -2.27. The van der Waals surface area contributed by atoms with E-state index in [4.69, 9.17) is 0 Å². The first-order valence-electron chi connectivity index (χ1n) is 10.1. The van der Waals surface area contributed by atoms with Crippen LogP contribution in [0.25, 0.3) is 10.9 Å². The number of carbonyl (C=O) groups excluding carboxylic acids is 2. The van der Waals surface area contributed by atoms with E-state index in [0.717, 1.165) is 30.6 Å². The Bertz CT molecular complexity index is 1170. The van der Waals surface area contributed by atoms with Crippen LogP contribution in [0.15, 0.2) is 53.3 Å². The van der Waals surface area contributed by atoms with Crippen molar-refractivity contribution in [3.05, 3.63) is 70.3 Å². The zero-order valence-electron chi connectivity index (χ0n) is 16.9. The topological polar surface area (TPSA) is 84.3 Å². The molecule has 2 aromatic carbocycles. The maximum absolute atomic E-state index is 12.7. The molecule has 0 bridgehead atoms. The van der Waals surface area contributed by atoms with Crippen molar-refractivity contribution in [2.24, 2.45) is 0 Å². The Morgan fingerprint density at radius 1 is 1.10 bits per heavy atom. The summed E-state index contributed by atoms with van der Waals surface area (Å²) in [5.74, 6) is 0.372. The molecule has 4 rings (SSSR count). The summed E-state index contributed by atoms with van der Waals surface area (Å²) in [5.41, 5.74) is 2.16. The van der Waals surface area contributed by atoms with Crippen molar-refractivity contribution in [3.8, 4) is 0 Å². The molecule has 1 saturated heterocycles. The lowest BCUT2D eigenvalue weighted by molar-refractivity contribution is -0.122. The van der Waals surface area contributed by atoms with Crippen LogP contribution in [0.2, 0.25) is 0 Å². The maximum Gasteiger partial charge on any atom is 0.261 e. The van der Waals surface area contributed by atoms with Crippen molar-refractivity contribution in [3.63, 3.8) is 0 Å². The predicted octanol–water partition coefficient (Wildman–Crippen LogP) is 2.54. The van der Waals surface area contributed by atoms with Gasteiger partial charge in [0.2, 0.25) is 11.8 Å². The highest BCUT2D eigenvalue weighted by Crippen LogP contribution is 2.21. The summed E-state index contributed by atoms with van der Waals surface area (Å²) < 4.78 is 1.39. The molecule has 1 N–H and O–H groups in total. The molecule has 2 heterocycles. The Morgan fingerprint density at radius 2 is 1.93 bits per heavy atom. The van der Waals surface area contributed by atoms with Gasteiger partial charge in [0.25, 0.3) is 5.56 Å². The molecule has 7 heteroatoms. The summed E-state index contributed by atoms with van der Waals surface area (Å²) in [7, 11) is 0. The highest BCUT2D eigenvalue weighted by atomic mass is 16.2. The van der Waals surface area contributed by atoms with Gasteiger partial charge in [-0.2, -0.15) is 0 Å². The summed E-state index contributed by atoms with van der Waals surface area (Å²) in [4.78, 5) is 43.6. The van der Waals surface area contributed by atoms with Crippen LogP contribution in [0.4, 0.5) is 5.69 Å². The molecular weight excluding hydrogens is 380 g/mol. The van der Waals surface area contributed by atoms with Gasteiger partial charge in [0.15, 0.2) is 0 Å². The smallest absolute Gasteiger partial charge is 0.261 e. The lowest BCUT2D eigenvalue weighted by atomic mass is 10.1. The molecule has 0 spiro atoms. The molecule has 0 radical (unpaired) electrons. The summed E-state index contributed by atoms with van der Waals surface area (Å²) >= 11 is 0. The van der Waals surface area contributed by atoms with Crippen LogP contribution >= 0.6 is 0 Å². The predicted molar refractivity (Wildman–Crippen MR) is 115 cm³/mol.